The van der Waals surface area contributed by atoms with Crippen molar-refractivity contribution in [3.05, 3.63) is 51.5 Å². The summed E-state index contributed by atoms with van der Waals surface area (Å²) >= 11 is 7.54. The normalized spacial score (nSPS) is 19.0. The number of ether oxygens (including phenoxy) is 2. The number of fused-ring (bicyclic) bond motifs is 1. The third-order valence-corrected chi connectivity index (χ3v) is 8.13. The standard InChI is InChI=1S/C26H28ClN5O4S/c1-14-7-17(18-9-23(27)29-11-21(18)36-3)19(10-28-14)24(33)31-26-30-20-12-32(13-22(20)37-26)25(34)15-5-4-6-16(8-15)35-2/h7,9-11,15-16H,4-6,8,12-13H2,1-3H3,(H,30,31,33). The Bertz CT molecular complexity index is 1320. The first-order valence-corrected chi connectivity index (χ1v) is 13.3. The average molecular weight is 542 g/mol. The number of hydrogen-bond donors (Lipinski definition) is 1. The van der Waals surface area contributed by atoms with Crippen LogP contribution in [-0.2, 0) is 22.6 Å². The van der Waals surface area contributed by atoms with E-state index in [-0.39, 0.29) is 29.0 Å². The zero-order valence-corrected chi connectivity index (χ0v) is 22.5. The van der Waals surface area contributed by atoms with Gasteiger partial charge in [-0.2, -0.15) is 0 Å². The summed E-state index contributed by atoms with van der Waals surface area (Å²) in [5, 5.41) is 3.69. The van der Waals surface area contributed by atoms with E-state index in [4.69, 9.17) is 21.1 Å². The van der Waals surface area contributed by atoms with Crippen LogP contribution in [0.5, 0.6) is 5.75 Å². The molecule has 11 heteroatoms. The fourth-order valence-corrected chi connectivity index (χ4v) is 6.15. The number of pyridine rings is 2. The molecular weight excluding hydrogens is 514 g/mol. The predicted molar refractivity (Wildman–Crippen MR) is 141 cm³/mol. The van der Waals surface area contributed by atoms with Gasteiger partial charge in [-0.15, -0.1) is 0 Å². The molecule has 0 bridgehead atoms. The number of hydrogen-bond acceptors (Lipinski definition) is 8. The van der Waals surface area contributed by atoms with E-state index < -0.39 is 0 Å². The van der Waals surface area contributed by atoms with Gasteiger partial charge in [0.15, 0.2) is 5.13 Å². The van der Waals surface area contributed by atoms with Crippen molar-refractivity contribution in [1.29, 1.82) is 0 Å². The van der Waals surface area contributed by atoms with Crippen molar-refractivity contribution in [2.45, 2.75) is 51.8 Å². The van der Waals surface area contributed by atoms with E-state index >= 15 is 0 Å². The van der Waals surface area contributed by atoms with Gasteiger partial charge in [-0.3, -0.25) is 19.9 Å². The lowest BCUT2D eigenvalue weighted by Crippen LogP contribution is -2.36. The minimum atomic E-state index is -0.342. The van der Waals surface area contributed by atoms with Crippen molar-refractivity contribution in [2.75, 3.05) is 19.5 Å². The number of aryl methyl sites for hydroxylation is 1. The van der Waals surface area contributed by atoms with E-state index in [9.17, 15) is 9.59 Å². The molecule has 4 heterocycles. The summed E-state index contributed by atoms with van der Waals surface area (Å²) in [6, 6.07) is 3.48. The van der Waals surface area contributed by atoms with Gasteiger partial charge < -0.3 is 14.4 Å². The van der Waals surface area contributed by atoms with Crippen LogP contribution in [0, 0.1) is 12.8 Å². The Morgan fingerprint density at radius 2 is 1.97 bits per heavy atom. The summed E-state index contributed by atoms with van der Waals surface area (Å²) in [5.74, 6) is 0.318. The second-order valence-corrected chi connectivity index (χ2v) is 10.8. The molecule has 2 atom stereocenters. The van der Waals surface area contributed by atoms with E-state index in [1.807, 2.05) is 17.9 Å². The zero-order valence-electron chi connectivity index (χ0n) is 20.9. The Kier molecular flexibility index (Phi) is 7.41. The summed E-state index contributed by atoms with van der Waals surface area (Å²) in [7, 11) is 3.25. The lowest BCUT2D eigenvalue weighted by molar-refractivity contribution is -0.138. The van der Waals surface area contributed by atoms with Gasteiger partial charge in [0.05, 0.1) is 48.6 Å². The van der Waals surface area contributed by atoms with Crippen LogP contribution in [0.25, 0.3) is 11.1 Å². The monoisotopic (exact) mass is 541 g/mol. The first-order chi connectivity index (χ1) is 17.9. The van der Waals surface area contributed by atoms with E-state index in [0.717, 1.165) is 41.9 Å². The number of rotatable bonds is 6. The summed E-state index contributed by atoms with van der Waals surface area (Å²) < 4.78 is 10.9. The van der Waals surface area contributed by atoms with Gasteiger partial charge in [0.1, 0.15) is 10.9 Å². The Hall–Kier alpha value is -3.08. The van der Waals surface area contributed by atoms with Gasteiger partial charge in [-0.1, -0.05) is 29.4 Å². The molecule has 1 N–H and O–H groups in total. The zero-order chi connectivity index (χ0) is 26.1. The van der Waals surface area contributed by atoms with Crippen LogP contribution in [0.3, 0.4) is 0 Å². The van der Waals surface area contributed by atoms with Gasteiger partial charge in [-0.05, 0) is 38.3 Å². The molecule has 5 rings (SSSR count). The maximum absolute atomic E-state index is 13.3. The number of amides is 2. The van der Waals surface area contributed by atoms with Crippen LogP contribution < -0.4 is 10.1 Å². The summed E-state index contributed by atoms with van der Waals surface area (Å²) in [6.07, 6.45) is 6.91. The third-order valence-electron chi connectivity index (χ3n) is 6.92. The highest BCUT2D eigenvalue weighted by atomic mass is 35.5. The van der Waals surface area contributed by atoms with E-state index in [2.05, 4.69) is 20.3 Å². The fourth-order valence-electron chi connectivity index (χ4n) is 5.01. The Balaban J connectivity index is 1.31. The molecule has 1 aliphatic carbocycles. The molecule has 3 aromatic heterocycles. The predicted octanol–water partition coefficient (Wildman–Crippen LogP) is 4.87. The molecule has 1 aliphatic heterocycles. The molecule has 0 spiro atoms. The Morgan fingerprint density at radius 1 is 1.14 bits per heavy atom. The summed E-state index contributed by atoms with van der Waals surface area (Å²) in [5.41, 5.74) is 3.22. The van der Waals surface area contributed by atoms with Crippen molar-refractivity contribution < 1.29 is 19.1 Å². The Labute approximate surface area is 224 Å². The van der Waals surface area contributed by atoms with Crippen LogP contribution in [0.15, 0.2) is 24.5 Å². The molecule has 37 heavy (non-hydrogen) atoms. The van der Waals surface area contributed by atoms with Crippen LogP contribution >= 0.6 is 22.9 Å². The number of nitrogens with zero attached hydrogens (tertiary/aromatic N) is 4. The number of anilines is 1. The molecule has 1 fully saturated rings. The number of carbonyl (C=O) groups excluding carboxylic acids is 2. The number of nitrogens with one attached hydrogen (secondary N) is 1. The molecule has 0 aromatic carbocycles. The fraction of sp³-hybridized carbons (Fsp3) is 0.423. The summed E-state index contributed by atoms with van der Waals surface area (Å²) in [6.45, 7) is 2.82. The van der Waals surface area contributed by atoms with Crippen molar-refractivity contribution >= 4 is 39.9 Å². The minimum Gasteiger partial charge on any atom is -0.494 e. The minimum absolute atomic E-state index is 0.00183. The number of thiazole rings is 1. The maximum atomic E-state index is 13.3. The first kappa shape index (κ1) is 25.6. The average Bonchev–Trinajstić information content (AvgIpc) is 3.47. The smallest absolute Gasteiger partial charge is 0.259 e. The van der Waals surface area contributed by atoms with Crippen molar-refractivity contribution in [1.82, 2.24) is 19.9 Å². The quantitative estimate of drug-likeness (QED) is 0.444. The van der Waals surface area contributed by atoms with Gasteiger partial charge in [0.25, 0.3) is 5.91 Å². The highest BCUT2D eigenvalue weighted by molar-refractivity contribution is 7.16. The molecular formula is C26H28ClN5O4S. The van der Waals surface area contributed by atoms with Crippen LogP contribution in [-0.4, -0.2) is 52.0 Å². The molecule has 0 radical (unpaired) electrons. The molecule has 0 saturated heterocycles. The van der Waals surface area contributed by atoms with Crippen molar-refractivity contribution in [2.24, 2.45) is 5.92 Å². The van der Waals surface area contributed by atoms with Crippen LogP contribution in [0.4, 0.5) is 5.13 Å². The molecule has 2 aliphatic rings. The first-order valence-electron chi connectivity index (χ1n) is 12.1. The van der Waals surface area contributed by atoms with Gasteiger partial charge in [0, 0.05) is 36.0 Å². The Morgan fingerprint density at radius 3 is 2.73 bits per heavy atom. The van der Waals surface area contributed by atoms with Crippen molar-refractivity contribution in [3.63, 3.8) is 0 Å². The van der Waals surface area contributed by atoms with Crippen LogP contribution in [0.2, 0.25) is 5.15 Å². The number of aromatic nitrogens is 3. The highest BCUT2D eigenvalue weighted by Crippen LogP contribution is 2.36. The largest absolute Gasteiger partial charge is 0.494 e. The maximum Gasteiger partial charge on any atom is 0.259 e. The van der Waals surface area contributed by atoms with E-state index in [1.54, 1.807) is 13.2 Å². The second-order valence-electron chi connectivity index (χ2n) is 9.34. The molecule has 2 amide bonds. The van der Waals surface area contributed by atoms with Gasteiger partial charge >= 0.3 is 0 Å². The number of methoxy groups -OCH3 is 2. The number of carbonyl (C=O) groups is 2. The molecule has 9 nitrogen and oxygen atoms in total. The van der Waals surface area contributed by atoms with Gasteiger partial charge in [0.2, 0.25) is 5.91 Å². The second kappa shape index (κ2) is 10.7. The number of halogens is 1. The van der Waals surface area contributed by atoms with Gasteiger partial charge in [-0.25, -0.2) is 9.97 Å². The summed E-state index contributed by atoms with van der Waals surface area (Å²) in [4.78, 5) is 42.3. The highest BCUT2D eigenvalue weighted by Gasteiger charge is 2.34. The lowest BCUT2D eigenvalue weighted by Gasteiger charge is -2.30. The topological polar surface area (TPSA) is 107 Å². The van der Waals surface area contributed by atoms with Crippen molar-refractivity contribution in [3.8, 4) is 16.9 Å². The lowest BCUT2D eigenvalue weighted by atomic mass is 9.86. The van der Waals surface area contributed by atoms with E-state index in [1.165, 1.54) is 30.8 Å². The van der Waals surface area contributed by atoms with E-state index in [0.29, 0.717) is 40.7 Å². The molecule has 1 saturated carbocycles. The third kappa shape index (κ3) is 5.32. The molecule has 3 aromatic rings. The SMILES string of the molecule is COc1cnc(Cl)cc1-c1cc(C)ncc1C(=O)Nc1nc2c(s1)CN(C(=O)C1CCCC(OC)C1)C2. The molecule has 2 unspecified atom stereocenters. The molecule has 194 valence electrons. The van der Waals surface area contributed by atoms with Crippen LogP contribution in [0.1, 0.15) is 52.3 Å².